The number of hydrogen-bond acceptors (Lipinski definition) is 4. The van der Waals surface area contributed by atoms with Gasteiger partial charge in [0.05, 0.1) is 0 Å². The highest BCUT2D eigenvalue weighted by Gasteiger charge is 2.28. The Kier molecular flexibility index (Phi) is 4.09. The van der Waals surface area contributed by atoms with Crippen LogP contribution in [-0.2, 0) is 11.2 Å². The average Bonchev–Trinajstić information content (AvgIpc) is 2.21. The van der Waals surface area contributed by atoms with E-state index in [2.05, 4.69) is 4.65 Å². The molecule has 0 bridgehead atoms. The van der Waals surface area contributed by atoms with Gasteiger partial charge < -0.3 is 20.5 Å². The average molecular weight is 240 g/mol. The summed E-state index contributed by atoms with van der Waals surface area (Å²) in [5.41, 5.74) is 4.51. The molecule has 0 aliphatic heterocycles. The molecule has 91 valence electrons. The SMILES string of the molecule is C[C@@](N)(Cc1ccc(O[B]O)c(F)c1)C(=O)O. The Balaban J connectivity index is 2.87. The highest BCUT2D eigenvalue weighted by Crippen LogP contribution is 2.20. The number of aliphatic carboxylic acids is 1. The van der Waals surface area contributed by atoms with Gasteiger partial charge in [-0.3, -0.25) is 4.79 Å². The number of carboxylic acid groups (broad SMARTS) is 1. The molecular weight excluding hydrogens is 228 g/mol. The number of benzene rings is 1. The molecule has 4 N–H and O–H groups in total. The second-order valence-corrected chi connectivity index (χ2v) is 3.89. The smallest absolute Gasteiger partial charge is 0.535 e. The molecule has 5 nitrogen and oxygen atoms in total. The van der Waals surface area contributed by atoms with Gasteiger partial charge in [-0.15, -0.1) is 0 Å². The molecule has 17 heavy (non-hydrogen) atoms. The molecule has 7 heteroatoms. The van der Waals surface area contributed by atoms with Crippen LogP contribution in [0.4, 0.5) is 4.39 Å². The zero-order valence-corrected chi connectivity index (χ0v) is 9.18. The molecule has 0 saturated heterocycles. The summed E-state index contributed by atoms with van der Waals surface area (Å²) in [6, 6.07) is 3.89. The van der Waals surface area contributed by atoms with Crippen molar-refractivity contribution in [3.63, 3.8) is 0 Å². The van der Waals surface area contributed by atoms with Gasteiger partial charge in [-0.05, 0) is 24.6 Å². The van der Waals surface area contributed by atoms with Crippen LogP contribution >= 0.6 is 0 Å². The van der Waals surface area contributed by atoms with Gasteiger partial charge in [-0.1, -0.05) is 6.07 Å². The molecule has 1 atom stereocenters. The third-order valence-electron chi connectivity index (χ3n) is 2.24. The maximum absolute atomic E-state index is 13.4. The van der Waals surface area contributed by atoms with E-state index in [1.54, 1.807) is 0 Å². The number of hydrogen-bond donors (Lipinski definition) is 3. The fourth-order valence-electron chi connectivity index (χ4n) is 1.31. The van der Waals surface area contributed by atoms with E-state index in [0.29, 0.717) is 13.2 Å². The summed E-state index contributed by atoms with van der Waals surface area (Å²) < 4.78 is 17.8. The molecule has 0 unspecified atom stereocenters. The van der Waals surface area contributed by atoms with E-state index in [1.165, 1.54) is 19.1 Å². The van der Waals surface area contributed by atoms with Crippen molar-refractivity contribution in [1.29, 1.82) is 0 Å². The highest BCUT2D eigenvalue weighted by atomic mass is 19.1. The van der Waals surface area contributed by atoms with Crippen molar-refractivity contribution < 1.29 is 24.0 Å². The van der Waals surface area contributed by atoms with E-state index in [1.807, 2.05) is 0 Å². The van der Waals surface area contributed by atoms with Gasteiger partial charge in [0.2, 0.25) is 0 Å². The Morgan fingerprint density at radius 2 is 2.29 bits per heavy atom. The molecule has 0 aromatic heterocycles. The maximum Gasteiger partial charge on any atom is 0.569 e. The summed E-state index contributed by atoms with van der Waals surface area (Å²) in [5.74, 6) is -2.01. The van der Waals surface area contributed by atoms with Crippen molar-refractivity contribution in [2.45, 2.75) is 18.9 Å². The molecule has 0 heterocycles. The summed E-state index contributed by atoms with van der Waals surface area (Å²) >= 11 is 0. The first-order chi connectivity index (χ1) is 7.86. The van der Waals surface area contributed by atoms with Crippen LogP contribution in [0.5, 0.6) is 5.75 Å². The van der Waals surface area contributed by atoms with Crippen LogP contribution in [0.1, 0.15) is 12.5 Å². The maximum atomic E-state index is 13.4. The summed E-state index contributed by atoms with van der Waals surface area (Å²) in [4.78, 5) is 10.8. The van der Waals surface area contributed by atoms with Gasteiger partial charge in [0.15, 0.2) is 5.82 Å². The first-order valence-electron chi connectivity index (χ1n) is 4.80. The van der Waals surface area contributed by atoms with Crippen molar-refractivity contribution in [3.05, 3.63) is 29.6 Å². The zero-order valence-electron chi connectivity index (χ0n) is 9.18. The second kappa shape index (κ2) is 5.16. The van der Waals surface area contributed by atoms with Crippen LogP contribution in [0.3, 0.4) is 0 Å². The van der Waals surface area contributed by atoms with Crippen LogP contribution in [0.2, 0.25) is 0 Å². The van der Waals surface area contributed by atoms with E-state index in [-0.39, 0.29) is 12.2 Å². The molecule has 1 radical (unpaired) electrons. The standard InChI is InChI=1S/C10H12BFNO4/c1-10(13,9(14)15)5-6-2-3-8(17-11-16)7(12)4-6/h2-4,16H,5,13H2,1H3,(H,14,15)/t10-/m1/s1. The fraction of sp³-hybridized carbons (Fsp3) is 0.300. The summed E-state index contributed by atoms with van der Waals surface area (Å²) in [7, 11) is 0.363. The van der Waals surface area contributed by atoms with Gasteiger partial charge in [0.25, 0.3) is 0 Å². The minimum atomic E-state index is -1.46. The first kappa shape index (κ1) is 13.5. The summed E-state index contributed by atoms with van der Waals surface area (Å²) in [6.07, 6.45) is -0.0115. The summed E-state index contributed by atoms with van der Waals surface area (Å²) in [6.45, 7) is 1.35. The molecule has 0 amide bonds. The number of carboxylic acids is 1. The zero-order chi connectivity index (χ0) is 13.1. The second-order valence-electron chi connectivity index (χ2n) is 3.89. The van der Waals surface area contributed by atoms with Gasteiger partial charge >= 0.3 is 13.7 Å². The molecule has 1 rings (SSSR count). The Morgan fingerprint density at radius 1 is 1.65 bits per heavy atom. The quantitative estimate of drug-likeness (QED) is 0.633. The third-order valence-corrected chi connectivity index (χ3v) is 2.24. The molecule has 0 aliphatic rings. The molecule has 0 saturated carbocycles. The predicted molar refractivity (Wildman–Crippen MR) is 58.9 cm³/mol. The van der Waals surface area contributed by atoms with E-state index < -0.39 is 17.3 Å². The van der Waals surface area contributed by atoms with Crippen LogP contribution in [0.25, 0.3) is 0 Å². The van der Waals surface area contributed by atoms with Crippen LogP contribution in [0.15, 0.2) is 18.2 Å². The minimum Gasteiger partial charge on any atom is -0.535 e. The van der Waals surface area contributed by atoms with Crippen molar-refractivity contribution in [3.8, 4) is 5.75 Å². The Hall–Kier alpha value is -1.60. The largest absolute Gasteiger partial charge is 0.569 e. The van der Waals surface area contributed by atoms with Gasteiger partial charge in [0.1, 0.15) is 11.3 Å². The number of carbonyl (C=O) groups is 1. The van der Waals surface area contributed by atoms with Gasteiger partial charge in [-0.25, -0.2) is 4.39 Å². The Morgan fingerprint density at radius 3 is 2.76 bits per heavy atom. The van der Waals surface area contributed by atoms with Crippen molar-refractivity contribution >= 4 is 13.7 Å². The molecule has 1 aromatic carbocycles. The first-order valence-corrected chi connectivity index (χ1v) is 4.80. The number of rotatable bonds is 5. The Bertz CT molecular complexity index is 425. The van der Waals surface area contributed by atoms with Crippen molar-refractivity contribution in [2.24, 2.45) is 5.73 Å². The number of halogens is 1. The third kappa shape index (κ3) is 3.43. The molecule has 0 spiro atoms. The monoisotopic (exact) mass is 240 g/mol. The fourth-order valence-corrected chi connectivity index (χ4v) is 1.31. The molecule has 0 aliphatic carbocycles. The Labute approximate surface area is 98.3 Å². The lowest BCUT2D eigenvalue weighted by Crippen LogP contribution is -2.46. The molecule has 1 aromatic rings. The molecular formula is C10H12BFNO4. The van der Waals surface area contributed by atoms with Gasteiger partial charge in [0, 0.05) is 6.42 Å². The van der Waals surface area contributed by atoms with E-state index in [4.69, 9.17) is 15.9 Å². The predicted octanol–water partition coefficient (Wildman–Crippen LogP) is 0.0755. The topological polar surface area (TPSA) is 92.8 Å². The lowest BCUT2D eigenvalue weighted by molar-refractivity contribution is -0.142. The van der Waals surface area contributed by atoms with Crippen LogP contribution < -0.4 is 10.4 Å². The van der Waals surface area contributed by atoms with Crippen molar-refractivity contribution in [1.82, 2.24) is 0 Å². The van der Waals surface area contributed by atoms with Crippen LogP contribution in [0, 0.1) is 5.82 Å². The normalized spacial score (nSPS) is 13.9. The van der Waals surface area contributed by atoms with E-state index in [0.717, 1.165) is 6.07 Å². The number of nitrogens with two attached hydrogens (primary N) is 1. The van der Waals surface area contributed by atoms with Gasteiger partial charge in [-0.2, -0.15) is 0 Å². The lowest BCUT2D eigenvalue weighted by Gasteiger charge is -2.19. The van der Waals surface area contributed by atoms with Crippen LogP contribution in [-0.4, -0.2) is 29.3 Å². The highest BCUT2D eigenvalue weighted by molar-refractivity contribution is 6.17. The van der Waals surface area contributed by atoms with E-state index >= 15 is 0 Å². The van der Waals surface area contributed by atoms with E-state index in [9.17, 15) is 9.18 Å². The summed E-state index contributed by atoms with van der Waals surface area (Å²) in [5, 5.41) is 17.2. The minimum absolute atomic E-state index is 0.0115. The van der Waals surface area contributed by atoms with Crippen molar-refractivity contribution in [2.75, 3.05) is 0 Å². The molecule has 0 fully saturated rings. The lowest BCUT2D eigenvalue weighted by atomic mass is 9.94.